The summed E-state index contributed by atoms with van der Waals surface area (Å²) in [4.78, 5) is 1.43. The molecule has 3 heterocycles. The lowest BCUT2D eigenvalue weighted by Crippen LogP contribution is -3.14. The summed E-state index contributed by atoms with van der Waals surface area (Å²) in [6.07, 6.45) is 4.11. The van der Waals surface area contributed by atoms with Crippen LogP contribution < -0.4 is 14.4 Å². The largest absolute Gasteiger partial charge is 0.493 e. The van der Waals surface area contributed by atoms with Crippen LogP contribution in [0, 0.1) is 5.92 Å². The Morgan fingerprint density at radius 2 is 2.05 bits per heavy atom. The van der Waals surface area contributed by atoms with Crippen LogP contribution in [0.4, 0.5) is 0 Å². The molecule has 3 fully saturated rings. The highest BCUT2D eigenvalue weighted by atomic mass is 16.5. The van der Waals surface area contributed by atoms with Gasteiger partial charge in [-0.05, 0) is 24.6 Å². The molecule has 0 unspecified atom stereocenters. The summed E-state index contributed by atoms with van der Waals surface area (Å²) in [5.41, 5.74) is 2.19. The van der Waals surface area contributed by atoms with Gasteiger partial charge in [-0.2, -0.15) is 0 Å². The number of hydrogen-bond donors (Lipinski definition) is 2. The zero-order chi connectivity index (χ0) is 14.8. The zero-order valence-electron chi connectivity index (χ0n) is 12.8. The maximum absolute atomic E-state index is 10.4. The van der Waals surface area contributed by atoms with Crippen molar-refractivity contribution in [2.45, 2.75) is 25.9 Å². The maximum Gasteiger partial charge on any atom is 0.161 e. The first-order chi connectivity index (χ1) is 10.2. The molecule has 2 bridgehead atoms. The van der Waals surface area contributed by atoms with Crippen molar-refractivity contribution >= 4 is 6.08 Å². The highest BCUT2D eigenvalue weighted by Gasteiger charge is 2.41. The molecule has 1 aromatic carbocycles. The number of quaternary nitrogens is 1. The first-order valence-electron chi connectivity index (χ1n) is 7.78. The van der Waals surface area contributed by atoms with E-state index in [2.05, 4.69) is 6.08 Å². The van der Waals surface area contributed by atoms with Gasteiger partial charge in [-0.1, -0.05) is 6.07 Å². The predicted octanol–water partition coefficient (Wildman–Crippen LogP) is 1.10. The lowest BCUT2D eigenvalue weighted by atomic mass is 9.83. The second kappa shape index (κ2) is 6.08. The Morgan fingerprint density at radius 1 is 1.29 bits per heavy atom. The number of hydrogen-bond acceptors (Lipinski definition) is 3. The minimum absolute atomic E-state index is 0.292. The summed E-state index contributed by atoms with van der Waals surface area (Å²) in [7, 11) is 1.65. The van der Waals surface area contributed by atoms with Crippen molar-refractivity contribution in [2.24, 2.45) is 5.92 Å². The smallest absolute Gasteiger partial charge is 0.161 e. The summed E-state index contributed by atoms with van der Waals surface area (Å²) in [5.74, 6) is 1.95. The molecule has 3 aliphatic heterocycles. The molecule has 0 radical (unpaired) electrons. The third-order valence-corrected chi connectivity index (χ3v) is 4.62. The summed E-state index contributed by atoms with van der Waals surface area (Å²) >= 11 is 0. The Morgan fingerprint density at radius 3 is 2.67 bits per heavy atom. The second-order valence-electron chi connectivity index (χ2n) is 5.83. The van der Waals surface area contributed by atoms with Gasteiger partial charge in [0.1, 0.15) is 11.8 Å². The van der Waals surface area contributed by atoms with Crippen LogP contribution in [0.2, 0.25) is 0 Å². The molecule has 4 rings (SSSR count). The molecule has 0 aliphatic carbocycles. The summed E-state index contributed by atoms with van der Waals surface area (Å²) in [6.45, 7) is 4.85. The van der Waals surface area contributed by atoms with E-state index in [0.717, 1.165) is 48.7 Å². The monoisotopic (exact) mass is 290 g/mol. The molecule has 0 saturated carbocycles. The normalized spacial score (nSPS) is 29.7. The number of fused-ring (bicyclic) bond motifs is 3. The Hall–Kier alpha value is -1.52. The van der Waals surface area contributed by atoms with Gasteiger partial charge in [0.25, 0.3) is 0 Å². The standard InChI is InChI=1S/C17H23NO3/c1-3-21-16-11-12(4-5-15(16)20-2)10-14-17(19)13-6-8-18(14)9-7-13/h4-5,10-11,13,17,19H,3,6-9H2,1-2H3/p+1/b14-10-/t17-/m0/s1. The molecule has 0 amide bonds. The fraction of sp³-hybridized carbons (Fsp3) is 0.529. The van der Waals surface area contributed by atoms with Gasteiger partial charge in [0.2, 0.25) is 0 Å². The molecule has 0 aromatic heterocycles. The third kappa shape index (κ3) is 2.78. The molecule has 4 nitrogen and oxygen atoms in total. The number of aliphatic hydroxyl groups excluding tert-OH is 1. The van der Waals surface area contributed by atoms with E-state index in [9.17, 15) is 5.11 Å². The van der Waals surface area contributed by atoms with Crippen molar-refractivity contribution in [3.8, 4) is 11.5 Å². The Kier molecular flexibility index (Phi) is 4.17. The number of aliphatic hydroxyl groups is 1. The lowest BCUT2D eigenvalue weighted by Gasteiger charge is -2.41. The highest BCUT2D eigenvalue weighted by molar-refractivity contribution is 5.57. The second-order valence-corrected chi connectivity index (χ2v) is 5.83. The highest BCUT2D eigenvalue weighted by Crippen LogP contribution is 2.30. The fourth-order valence-corrected chi connectivity index (χ4v) is 3.47. The van der Waals surface area contributed by atoms with E-state index < -0.39 is 0 Å². The quantitative estimate of drug-likeness (QED) is 0.873. The lowest BCUT2D eigenvalue weighted by molar-refractivity contribution is -0.880. The van der Waals surface area contributed by atoms with E-state index in [1.54, 1.807) is 7.11 Å². The Balaban J connectivity index is 1.90. The van der Waals surface area contributed by atoms with Crippen LogP contribution in [0.15, 0.2) is 23.9 Å². The van der Waals surface area contributed by atoms with Gasteiger partial charge in [0, 0.05) is 24.8 Å². The van der Waals surface area contributed by atoms with Crippen molar-refractivity contribution < 1.29 is 19.5 Å². The molecule has 1 aromatic rings. The van der Waals surface area contributed by atoms with Crippen molar-refractivity contribution in [1.29, 1.82) is 0 Å². The summed E-state index contributed by atoms with van der Waals surface area (Å²) in [5, 5.41) is 10.4. The average molecular weight is 290 g/mol. The minimum atomic E-state index is -0.292. The van der Waals surface area contributed by atoms with Crippen LogP contribution >= 0.6 is 0 Å². The number of piperidine rings is 3. The zero-order valence-corrected chi connectivity index (χ0v) is 12.8. The van der Waals surface area contributed by atoms with Gasteiger partial charge in [0.15, 0.2) is 11.5 Å². The number of rotatable bonds is 4. The number of nitrogens with one attached hydrogen (secondary N) is 1. The van der Waals surface area contributed by atoms with Crippen LogP contribution in [-0.4, -0.2) is 38.0 Å². The fourth-order valence-electron chi connectivity index (χ4n) is 3.47. The first-order valence-corrected chi connectivity index (χ1v) is 7.78. The van der Waals surface area contributed by atoms with E-state index in [0.29, 0.717) is 12.5 Å². The predicted molar refractivity (Wildman–Crippen MR) is 81.6 cm³/mol. The molecule has 3 saturated heterocycles. The van der Waals surface area contributed by atoms with Gasteiger partial charge in [-0.25, -0.2) is 0 Å². The van der Waals surface area contributed by atoms with Crippen molar-refractivity contribution in [3.05, 3.63) is 29.5 Å². The molecular weight excluding hydrogens is 266 g/mol. The van der Waals surface area contributed by atoms with Crippen LogP contribution in [0.3, 0.4) is 0 Å². The third-order valence-electron chi connectivity index (χ3n) is 4.62. The van der Waals surface area contributed by atoms with E-state index in [1.807, 2.05) is 25.1 Å². The minimum Gasteiger partial charge on any atom is -0.493 e. The van der Waals surface area contributed by atoms with Crippen molar-refractivity contribution in [3.63, 3.8) is 0 Å². The van der Waals surface area contributed by atoms with Crippen molar-refractivity contribution in [1.82, 2.24) is 0 Å². The summed E-state index contributed by atoms with van der Waals surface area (Å²) in [6, 6.07) is 5.93. The van der Waals surface area contributed by atoms with Crippen LogP contribution in [-0.2, 0) is 0 Å². The van der Waals surface area contributed by atoms with Crippen LogP contribution in [0.1, 0.15) is 25.3 Å². The number of benzene rings is 1. The molecule has 114 valence electrons. The Labute approximate surface area is 126 Å². The van der Waals surface area contributed by atoms with Crippen LogP contribution in [0.25, 0.3) is 6.08 Å². The van der Waals surface area contributed by atoms with Crippen LogP contribution in [0.5, 0.6) is 11.5 Å². The van der Waals surface area contributed by atoms with E-state index in [-0.39, 0.29) is 6.10 Å². The number of ether oxygens (including phenoxy) is 2. The molecule has 0 spiro atoms. The van der Waals surface area contributed by atoms with E-state index in [4.69, 9.17) is 9.47 Å². The van der Waals surface area contributed by atoms with Gasteiger partial charge >= 0.3 is 0 Å². The van der Waals surface area contributed by atoms with E-state index >= 15 is 0 Å². The molecule has 2 N–H and O–H groups in total. The molecule has 1 atom stereocenters. The van der Waals surface area contributed by atoms with Gasteiger partial charge in [-0.3, -0.25) is 0 Å². The van der Waals surface area contributed by atoms with Gasteiger partial charge in [-0.15, -0.1) is 0 Å². The topological polar surface area (TPSA) is 43.1 Å². The van der Waals surface area contributed by atoms with Gasteiger partial charge in [0.05, 0.1) is 26.8 Å². The first kappa shape index (κ1) is 14.4. The molecule has 3 aliphatic rings. The average Bonchev–Trinajstić information content (AvgIpc) is 2.52. The molecule has 21 heavy (non-hydrogen) atoms. The molecular formula is C17H24NO3+. The summed E-state index contributed by atoms with van der Waals surface area (Å²) < 4.78 is 10.9. The van der Waals surface area contributed by atoms with E-state index in [1.165, 1.54) is 4.90 Å². The molecule has 4 heteroatoms. The Bertz CT molecular complexity index is 529. The maximum atomic E-state index is 10.4. The van der Waals surface area contributed by atoms with Gasteiger partial charge < -0.3 is 19.5 Å². The van der Waals surface area contributed by atoms with Crippen molar-refractivity contribution in [2.75, 3.05) is 26.8 Å². The number of methoxy groups -OCH3 is 1. The SMILES string of the molecule is CCOc1cc(/C=C2/[C@@H](O)C3CC[NH+]2CC3)ccc1OC.